The smallest absolute Gasteiger partial charge is 0.303 e. The van der Waals surface area contributed by atoms with Crippen molar-refractivity contribution in [3.63, 3.8) is 0 Å². The molecule has 2 rings (SSSR count). The van der Waals surface area contributed by atoms with Crippen molar-refractivity contribution in [1.82, 2.24) is 4.98 Å². The maximum absolute atomic E-state index is 10.5. The molecule has 0 fully saturated rings. The minimum atomic E-state index is -0.879. The first-order valence-electron chi connectivity index (χ1n) is 6.03. The van der Waals surface area contributed by atoms with Crippen molar-refractivity contribution in [1.29, 1.82) is 0 Å². The molecule has 6 heteroatoms. The third-order valence-electron chi connectivity index (χ3n) is 2.77. The van der Waals surface area contributed by atoms with E-state index in [1.54, 1.807) is 32.5 Å². The maximum atomic E-state index is 10.5. The van der Waals surface area contributed by atoms with Gasteiger partial charge in [0, 0.05) is 12.0 Å². The van der Waals surface area contributed by atoms with E-state index in [2.05, 4.69) is 4.98 Å². The summed E-state index contributed by atoms with van der Waals surface area (Å²) < 4.78 is 15.9. The molecule has 1 N–H and O–H groups in total. The summed E-state index contributed by atoms with van der Waals surface area (Å²) >= 11 is 0. The molecule has 0 saturated carbocycles. The van der Waals surface area contributed by atoms with Gasteiger partial charge in [-0.15, -0.1) is 0 Å². The molecule has 0 atom stereocenters. The largest absolute Gasteiger partial charge is 0.493 e. The lowest BCUT2D eigenvalue weighted by Gasteiger charge is -2.08. The molecule has 0 saturated heterocycles. The van der Waals surface area contributed by atoms with Crippen LogP contribution in [0.25, 0.3) is 11.3 Å². The standard InChI is InChI=1S/C14H15NO5/c1-18-10-4-3-9(7-11(10)19-2)12-8-15-13(20-12)5-6-14(16)17/h3-4,7-8H,5-6H2,1-2H3,(H,16,17). The second kappa shape index (κ2) is 6.10. The van der Waals surface area contributed by atoms with Crippen LogP contribution >= 0.6 is 0 Å². The molecule has 0 aliphatic heterocycles. The molecule has 1 heterocycles. The van der Waals surface area contributed by atoms with Crippen molar-refractivity contribution in [2.24, 2.45) is 0 Å². The van der Waals surface area contributed by atoms with E-state index < -0.39 is 5.97 Å². The zero-order chi connectivity index (χ0) is 14.5. The number of nitrogens with zero attached hydrogens (tertiary/aromatic N) is 1. The summed E-state index contributed by atoms with van der Waals surface area (Å²) in [6.07, 6.45) is 1.83. The van der Waals surface area contributed by atoms with Crippen LogP contribution in [0.15, 0.2) is 28.8 Å². The lowest BCUT2D eigenvalue weighted by atomic mass is 10.1. The van der Waals surface area contributed by atoms with Gasteiger partial charge in [-0.1, -0.05) is 0 Å². The average Bonchev–Trinajstić information content (AvgIpc) is 2.93. The maximum Gasteiger partial charge on any atom is 0.303 e. The molecule has 1 aromatic heterocycles. The number of carboxylic acid groups (broad SMARTS) is 1. The van der Waals surface area contributed by atoms with E-state index in [0.717, 1.165) is 5.56 Å². The van der Waals surface area contributed by atoms with Crippen LogP contribution in [0.4, 0.5) is 0 Å². The number of ether oxygens (including phenoxy) is 2. The molecule has 0 radical (unpaired) electrons. The molecular formula is C14H15NO5. The Balaban J connectivity index is 2.21. The van der Waals surface area contributed by atoms with Gasteiger partial charge in [-0.2, -0.15) is 0 Å². The van der Waals surface area contributed by atoms with Crippen LogP contribution in [0.5, 0.6) is 11.5 Å². The number of hydrogen-bond donors (Lipinski definition) is 1. The second-order valence-electron chi connectivity index (χ2n) is 4.08. The Bertz CT molecular complexity index is 605. The fourth-order valence-corrected chi connectivity index (χ4v) is 1.76. The van der Waals surface area contributed by atoms with Crippen molar-refractivity contribution >= 4 is 5.97 Å². The quantitative estimate of drug-likeness (QED) is 0.873. The van der Waals surface area contributed by atoms with Gasteiger partial charge in [0.2, 0.25) is 0 Å². The van der Waals surface area contributed by atoms with Gasteiger partial charge in [0.25, 0.3) is 0 Å². The van der Waals surface area contributed by atoms with Crippen LogP contribution in [0.1, 0.15) is 12.3 Å². The van der Waals surface area contributed by atoms with Crippen LogP contribution in [0.3, 0.4) is 0 Å². The number of aromatic nitrogens is 1. The first-order valence-corrected chi connectivity index (χ1v) is 6.03. The molecule has 20 heavy (non-hydrogen) atoms. The van der Waals surface area contributed by atoms with Crippen molar-refractivity contribution in [2.45, 2.75) is 12.8 Å². The van der Waals surface area contributed by atoms with E-state index in [-0.39, 0.29) is 12.8 Å². The van der Waals surface area contributed by atoms with Gasteiger partial charge in [0.1, 0.15) is 0 Å². The first kappa shape index (κ1) is 13.9. The topological polar surface area (TPSA) is 81.8 Å². The van der Waals surface area contributed by atoms with Gasteiger partial charge >= 0.3 is 5.97 Å². The Morgan fingerprint density at radius 3 is 2.70 bits per heavy atom. The first-order chi connectivity index (χ1) is 9.63. The predicted molar refractivity (Wildman–Crippen MR) is 71.0 cm³/mol. The number of carboxylic acids is 1. The van der Waals surface area contributed by atoms with Crippen LogP contribution in [-0.2, 0) is 11.2 Å². The molecule has 0 aliphatic rings. The van der Waals surface area contributed by atoms with Crippen LogP contribution < -0.4 is 9.47 Å². The average molecular weight is 277 g/mol. The normalized spacial score (nSPS) is 10.3. The van der Waals surface area contributed by atoms with Crippen LogP contribution in [0, 0.1) is 0 Å². The number of methoxy groups -OCH3 is 2. The molecule has 0 amide bonds. The monoisotopic (exact) mass is 277 g/mol. The van der Waals surface area contributed by atoms with Crippen molar-refractivity contribution in [2.75, 3.05) is 14.2 Å². The second-order valence-corrected chi connectivity index (χ2v) is 4.08. The van der Waals surface area contributed by atoms with E-state index in [0.29, 0.717) is 23.1 Å². The fraction of sp³-hybridized carbons (Fsp3) is 0.286. The van der Waals surface area contributed by atoms with E-state index in [1.807, 2.05) is 6.07 Å². The highest BCUT2D eigenvalue weighted by molar-refractivity contribution is 5.67. The van der Waals surface area contributed by atoms with E-state index in [4.69, 9.17) is 19.0 Å². The molecule has 0 bridgehead atoms. The van der Waals surface area contributed by atoms with Gasteiger partial charge in [-0.25, -0.2) is 4.98 Å². The van der Waals surface area contributed by atoms with E-state index in [1.165, 1.54) is 0 Å². The number of rotatable bonds is 6. The molecule has 0 unspecified atom stereocenters. The summed E-state index contributed by atoms with van der Waals surface area (Å²) in [5.41, 5.74) is 0.789. The lowest BCUT2D eigenvalue weighted by molar-refractivity contribution is -0.137. The highest BCUT2D eigenvalue weighted by atomic mass is 16.5. The van der Waals surface area contributed by atoms with Crippen molar-refractivity contribution < 1.29 is 23.8 Å². The van der Waals surface area contributed by atoms with Crippen molar-refractivity contribution in [3.8, 4) is 22.8 Å². The highest BCUT2D eigenvalue weighted by Crippen LogP contribution is 2.32. The number of aryl methyl sites for hydroxylation is 1. The third-order valence-corrected chi connectivity index (χ3v) is 2.77. The highest BCUT2D eigenvalue weighted by Gasteiger charge is 2.11. The van der Waals surface area contributed by atoms with Gasteiger partial charge in [-0.05, 0) is 18.2 Å². The summed E-state index contributed by atoms with van der Waals surface area (Å²) in [5, 5.41) is 8.62. The Labute approximate surface area is 116 Å². The zero-order valence-corrected chi connectivity index (χ0v) is 11.3. The number of hydrogen-bond acceptors (Lipinski definition) is 5. The summed E-state index contributed by atoms with van der Waals surface area (Å²) in [6.45, 7) is 0. The Hall–Kier alpha value is -2.50. The Kier molecular flexibility index (Phi) is 4.24. The molecule has 0 spiro atoms. The molecule has 106 valence electrons. The summed E-state index contributed by atoms with van der Waals surface area (Å²) in [7, 11) is 3.12. The summed E-state index contributed by atoms with van der Waals surface area (Å²) in [5.74, 6) is 1.30. The number of carbonyl (C=O) groups is 1. The van der Waals surface area contributed by atoms with Gasteiger partial charge in [0.05, 0.1) is 26.8 Å². The number of benzene rings is 1. The Morgan fingerprint density at radius 2 is 2.05 bits per heavy atom. The Morgan fingerprint density at radius 1 is 1.30 bits per heavy atom. The van der Waals surface area contributed by atoms with Gasteiger partial charge < -0.3 is 19.0 Å². The molecular weight excluding hydrogens is 262 g/mol. The molecule has 6 nitrogen and oxygen atoms in total. The van der Waals surface area contributed by atoms with E-state index >= 15 is 0 Å². The SMILES string of the molecule is COc1ccc(-c2cnc(CCC(=O)O)o2)cc1OC. The predicted octanol–water partition coefficient (Wildman–Crippen LogP) is 2.38. The van der Waals surface area contributed by atoms with Crippen LogP contribution in [0.2, 0.25) is 0 Å². The summed E-state index contributed by atoms with van der Waals surface area (Å²) in [6, 6.07) is 5.37. The van der Waals surface area contributed by atoms with Crippen LogP contribution in [-0.4, -0.2) is 30.3 Å². The van der Waals surface area contributed by atoms with Gasteiger partial charge in [-0.3, -0.25) is 4.79 Å². The zero-order valence-electron chi connectivity index (χ0n) is 11.3. The molecule has 0 aliphatic carbocycles. The van der Waals surface area contributed by atoms with Gasteiger partial charge in [0.15, 0.2) is 23.1 Å². The fourth-order valence-electron chi connectivity index (χ4n) is 1.76. The van der Waals surface area contributed by atoms with Crippen molar-refractivity contribution in [3.05, 3.63) is 30.3 Å². The molecule has 2 aromatic rings. The van der Waals surface area contributed by atoms with E-state index in [9.17, 15) is 4.79 Å². The third kappa shape index (κ3) is 3.09. The minimum absolute atomic E-state index is 0.00805. The molecule has 1 aromatic carbocycles. The lowest BCUT2D eigenvalue weighted by Crippen LogP contribution is -1.97. The summed E-state index contributed by atoms with van der Waals surface area (Å²) in [4.78, 5) is 14.6. The minimum Gasteiger partial charge on any atom is -0.493 e. The number of aliphatic carboxylic acids is 1. The number of oxazole rings is 1.